The first-order valence-corrected chi connectivity index (χ1v) is 45.6. The van der Waals surface area contributed by atoms with E-state index in [1.54, 1.807) is 0 Å². The molecule has 5 nitrogen and oxygen atoms in total. The molecule has 0 aromatic carbocycles. The third kappa shape index (κ3) is 85.3. The van der Waals surface area contributed by atoms with Gasteiger partial charge in [-0.05, 0) is 12.8 Å². The van der Waals surface area contributed by atoms with Gasteiger partial charge in [-0.3, -0.25) is 9.59 Å². The van der Waals surface area contributed by atoms with Gasteiger partial charge in [0.15, 0.2) is 6.10 Å². The van der Waals surface area contributed by atoms with Crippen molar-refractivity contribution in [2.24, 2.45) is 0 Å². The van der Waals surface area contributed by atoms with E-state index >= 15 is 0 Å². The van der Waals surface area contributed by atoms with Crippen LogP contribution in [0.5, 0.6) is 0 Å². The molecule has 0 aromatic heterocycles. The lowest BCUT2D eigenvalue weighted by Gasteiger charge is -2.15. The highest BCUT2D eigenvalue weighted by molar-refractivity contribution is 5.70. The Balaban J connectivity index is 3.30. The number of aliphatic hydroxyl groups excluding tert-OH is 1. The van der Waals surface area contributed by atoms with Gasteiger partial charge in [-0.1, -0.05) is 528 Å². The minimum atomic E-state index is -0.767. The largest absolute Gasteiger partial charge is 0.462 e. The maximum atomic E-state index is 12.4. The van der Waals surface area contributed by atoms with Gasteiger partial charge < -0.3 is 14.6 Å². The SMILES string of the molecule is CCCCCCCCCCCCCCCCCCCCCCCCCCCCCCCCCCCCCCCCCCCC(=O)OCC(CO)OC(=O)CCCCCCCCCCCCCCCCCCCCCCCCCCCCCCCCCCCCCCCCCCC. The van der Waals surface area contributed by atoms with E-state index in [0.29, 0.717) is 12.8 Å². The summed E-state index contributed by atoms with van der Waals surface area (Å²) in [7, 11) is 0. The van der Waals surface area contributed by atoms with Gasteiger partial charge in [-0.25, -0.2) is 0 Å². The van der Waals surface area contributed by atoms with Gasteiger partial charge in [0.2, 0.25) is 0 Å². The van der Waals surface area contributed by atoms with Crippen LogP contribution in [0.4, 0.5) is 0 Å². The fraction of sp³-hybridized carbons (Fsp3) is 0.978. The lowest BCUT2D eigenvalue weighted by atomic mass is 10.0. The Labute approximate surface area is 605 Å². The number of ether oxygens (including phenoxy) is 2. The number of hydrogen-bond acceptors (Lipinski definition) is 5. The Kier molecular flexibility index (Phi) is 87.1. The van der Waals surface area contributed by atoms with Gasteiger partial charge in [0.05, 0.1) is 6.61 Å². The van der Waals surface area contributed by atoms with Crippen molar-refractivity contribution in [2.75, 3.05) is 13.2 Å². The van der Waals surface area contributed by atoms with Crippen LogP contribution in [-0.2, 0) is 19.1 Å². The summed E-state index contributed by atoms with van der Waals surface area (Å²) in [6, 6.07) is 0. The molecule has 5 heteroatoms. The summed E-state index contributed by atoms with van der Waals surface area (Å²) < 4.78 is 10.8. The predicted molar refractivity (Wildman–Crippen MR) is 427 cm³/mol. The van der Waals surface area contributed by atoms with Gasteiger partial charge in [0.25, 0.3) is 0 Å². The lowest BCUT2D eigenvalue weighted by molar-refractivity contribution is -0.161. The predicted octanol–water partition coefficient (Wildman–Crippen LogP) is 32.2. The molecule has 0 aliphatic carbocycles. The summed E-state index contributed by atoms with van der Waals surface area (Å²) in [5, 5.41) is 9.75. The summed E-state index contributed by atoms with van der Waals surface area (Å²) >= 11 is 0. The van der Waals surface area contributed by atoms with E-state index in [2.05, 4.69) is 13.8 Å². The maximum Gasteiger partial charge on any atom is 0.306 e. The minimum Gasteiger partial charge on any atom is -0.462 e. The molecule has 1 atom stereocenters. The van der Waals surface area contributed by atoms with Crippen molar-refractivity contribution < 1.29 is 24.2 Å². The first-order chi connectivity index (χ1) is 47.6. The highest BCUT2D eigenvalue weighted by atomic mass is 16.6. The van der Waals surface area contributed by atoms with E-state index < -0.39 is 6.10 Å². The third-order valence-electron chi connectivity index (χ3n) is 21.9. The van der Waals surface area contributed by atoms with Crippen molar-refractivity contribution in [3.05, 3.63) is 0 Å². The molecule has 574 valence electrons. The average Bonchev–Trinajstić information content (AvgIpc) is 3.73. The normalized spacial score (nSPS) is 12.0. The molecule has 0 spiro atoms. The number of hydrogen-bond donors (Lipinski definition) is 1. The van der Waals surface area contributed by atoms with Crippen LogP contribution in [0.2, 0.25) is 0 Å². The molecule has 0 saturated heterocycles. The van der Waals surface area contributed by atoms with Crippen LogP contribution < -0.4 is 0 Å². The van der Waals surface area contributed by atoms with E-state index in [-0.39, 0.29) is 25.2 Å². The monoisotopic (exact) mass is 1350 g/mol. The zero-order valence-electron chi connectivity index (χ0n) is 66.5. The van der Waals surface area contributed by atoms with Crippen LogP contribution in [0.1, 0.15) is 553 Å². The molecule has 0 bridgehead atoms. The molecule has 0 amide bonds. The van der Waals surface area contributed by atoms with Crippen LogP contribution in [0.25, 0.3) is 0 Å². The molecular formula is C91H180O5. The Hall–Kier alpha value is -1.10. The fourth-order valence-corrected chi connectivity index (χ4v) is 15.1. The van der Waals surface area contributed by atoms with Crippen LogP contribution in [0.3, 0.4) is 0 Å². The van der Waals surface area contributed by atoms with E-state index in [0.717, 1.165) is 32.1 Å². The standard InChI is InChI=1S/C91H180O5/c1-3-5-7-9-11-13-15-17-19-21-23-25-27-29-31-33-35-37-39-41-43-45-47-49-51-53-55-57-59-61-63-65-67-69-71-73-75-77-79-81-83-85-90(93)95-88-89(87-92)96-91(94)86-84-82-80-78-76-74-72-70-68-66-64-62-60-58-56-54-52-50-48-46-44-42-40-38-36-34-32-30-28-26-24-22-20-18-16-14-12-10-8-6-4-2/h89,92H,3-88H2,1-2H3. The van der Waals surface area contributed by atoms with Gasteiger partial charge in [0, 0.05) is 12.8 Å². The lowest BCUT2D eigenvalue weighted by Crippen LogP contribution is -2.28. The quantitative estimate of drug-likeness (QED) is 0.0485. The second-order valence-corrected chi connectivity index (χ2v) is 31.8. The van der Waals surface area contributed by atoms with Crippen molar-refractivity contribution in [2.45, 2.75) is 559 Å². The van der Waals surface area contributed by atoms with Gasteiger partial charge in [-0.2, -0.15) is 0 Å². The number of rotatable bonds is 88. The van der Waals surface area contributed by atoms with Crippen LogP contribution in [0, 0.1) is 0 Å². The van der Waals surface area contributed by atoms with Gasteiger partial charge in [-0.15, -0.1) is 0 Å². The third-order valence-corrected chi connectivity index (χ3v) is 21.9. The van der Waals surface area contributed by atoms with Crippen LogP contribution >= 0.6 is 0 Å². The Bertz CT molecular complexity index is 1400. The van der Waals surface area contributed by atoms with Crippen molar-refractivity contribution in [3.63, 3.8) is 0 Å². The first kappa shape index (κ1) is 94.9. The minimum absolute atomic E-state index is 0.0550. The Morgan fingerprint density at radius 3 is 0.458 bits per heavy atom. The second kappa shape index (κ2) is 88.1. The van der Waals surface area contributed by atoms with Crippen LogP contribution in [-0.4, -0.2) is 36.4 Å². The summed E-state index contributed by atoms with van der Waals surface area (Å²) in [5.41, 5.74) is 0. The molecule has 0 heterocycles. The zero-order valence-corrected chi connectivity index (χ0v) is 66.5. The van der Waals surface area contributed by atoms with E-state index in [9.17, 15) is 14.7 Å². The zero-order chi connectivity index (χ0) is 69.0. The topological polar surface area (TPSA) is 72.8 Å². The molecule has 0 radical (unpaired) electrons. The van der Waals surface area contributed by atoms with E-state index in [4.69, 9.17) is 9.47 Å². The van der Waals surface area contributed by atoms with Gasteiger partial charge >= 0.3 is 11.9 Å². The summed E-state index contributed by atoms with van der Waals surface area (Å²) in [6.45, 7) is 4.24. The van der Waals surface area contributed by atoms with Crippen molar-refractivity contribution >= 4 is 11.9 Å². The number of carbonyl (C=O) groups is 2. The highest BCUT2D eigenvalue weighted by Crippen LogP contribution is 2.22. The summed E-state index contributed by atoms with van der Waals surface area (Å²) in [6.07, 6.45) is 116. The number of carbonyl (C=O) groups excluding carboxylic acids is 2. The molecular weight excluding hydrogens is 1170 g/mol. The molecule has 96 heavy (non-hydrogen) atoms. The van der Waals surface area contributed by atoms with Crippen molar-refractivity contribution in [1.29, 1.82) is 0 Å². The number of unbranched alkanes of at least 4 members (excludes halogenated alkanes) is 80. The van der Waals surface area contributed by atoms with Crippen molar-refractivity contribution in [1.82, 2.24) is 0 Å². The van der Waals surface area contributed by atoms with Gasteiger partial charge in [0.1, 0.15) is 6.61 Å². The van der Waals surface area contributed by atoms with Crippen LogP contribution in [0.15, 0.2) is 0 Å². The maximum absolute atomic E-state index is 12.4. The van der Waals surface area contributed by atoms with Crippen molar-refractivity contribution in [3.8, 4) is 0 Å². The molecule has 0 fully saturated rings. The van der Waals surface area contributed by atoms with E-state index in [1.165, 1.54) is 494 Å². The molecule has 0 aromatic rings. The Morgan fingerprint density at radius 2 is 0.323 bits per heavy atom. The van der Waals surface area contributed by atoms with E-state index in [1.807, 2.05) is 0 Å². The highest BCUT2D eigenvalue weighted by Gasteiger charge is 2.16. The molecule has 0 saturated carbocycles. The summed E-state index contributed by atoms with van der Waals surface area (Å²) in [5.74, 6) is -0.553. The summed E-state index contributed by atoms with van der Waals surface area (Å²) in [4.78, 5) is 24.8. The smallest absolute Gasteiger partial charge is 0.306 e. The number of aliphatic hydroxyl groups is 1. The molecule has 0 rings (SSSR count). The molecule has 0 aliphatic heterocycles. The first-order valence-electron chi connectivity index (χ1n) is 45.6. The molecule has 1 N–H and O–H groups in total. The average molecular weight is 1350 g/mol. The fourth-order valence-electron chi connectivity index (χ4n) is 15.1. The Morgan fingerprint density at radius 1 is 0.198 bits per heavy atom. The molecule has 0 aliphatic rings. The number of esters is 2. The second-order valence-electron chi connectivity index (χ2n) is 31.8. The molecule has 1 unspecified atom stereocenters.